The molecule has 208 valence electrons. The first kappa shape index (κ1) is 29.6. The van der Waals surface area contributed by atoms with Gasteiger partial charge in [-0.15, -0.1) is 11.8 Å². The van der Waals surface area contributed by atoms with Crippen LogP contribution in [-0.2, 0) is 14.3 Å². The Morgan fingerprint density at radius 1 is 1.27 bits per heavy atom. The molecule has 1 aromatic rings. The van der Waals surface area contributed by atoms with Crippen molar-refractivity contribution in [3.05, 3.63) is 29.8 Å². The largest absolute Gasteiger partial charge is 0.461 e. The van der Waals surface area contributed by atoms with Crippen molar-refractivity contribution >= 4 is 29.3 Å². The number of amides is 1. The Labute approximate surface area is 221 Å². The summed E-state index contributed by atoms with van der Waals surface area (Å²) in [5, 5.41) is 47.9. The van der Waals surface area contributed by atoms with Gasteiger partial charge in [0.2, 0.25) is 5.91 Å². The smallest absolute Gasteiger partial charge is 0.338 e. The number of anilines is 1. The molecule has 8 N–H and O–H groups in total. The van der Waals surface area contributed by atoms with E-state index in [0.717, 1.165) is 31.1 Å². The zero-order valence-electron chi connectivity index (χ0n) is 21.2. The first-order chi connectivity index (χ1) is 17.6. The lowest BCUT2D eigenvalue weighted by Crippen LogP contribution is -2.65. The molecule has 9 atom stereocenters. The third-order valence-electron chi connectivity index (χ3n) is 6.75. The van der Waals surface area contributed by atoms with Gasteiger partial charge >= 0.3 is 5.97 Å². The zero-order valence-corrected chi connectivity index (χ0v) is 22.0. The van der Waals surface area contributed by atoms with Crippen molar-refractivity contribution in [1.82, 2.24) is 10.6 Å². The average molecular weight is 542 g/mol. The van der Waals surface area contributed by atoms with E-state index in [1.807, 2.05) is 0 Å². The molecule has 2 fully saturated rings. The molecule has 1 aromatic carbocycles. The maximum Gasteiger partial charge on any atom is 0.338 e. The first-order valence-corrected chi connectivity index (χ1v) is 13.7. The monoisotopic (exact) mass is 541 g/mol. The van der Waals surface area contributed by atoms with Gasteiger partial charge in [-0.1, -0.05) is 19.4 Å². The first-order valence-electron chi connectivity index (χ1n) is 12.7. The summed E-state index contributed by atoms with van der Waals surface area (Å²) in [6.45, 7) is 4.28. The van der Waals surface area contributed by atoms with Crippen LogP contribution in [0.3, 0.4) is 0 Å². The van der Waals surface area contributed by atoms with Crippen LogP contribution in [0, 0.1) is 5.92 Å². The van der Waals surface area contributed by atoms with E-state index < -0.39 is 54.0 Å². The highest BCUT2D eigenvalue weighted by molar-refractivity contribution is 7.99. The van der Waals surface area contributed by atoms with Crippen molar-refractivity contribution in [2.45, 2.75) is 81.1 Å². The third-order valence-corrected chi connectivity index (χ3v) is 7.87. The van der Waals surface area contributed by atoms with Gasteiger partial charge in [-0.25, -0.2) is 4.79 Å². The van der Waals surface area contributed by atoms with E-state index in [9.17, 15) is 30.0 Å². The second-order valence-corrected chi connectivity index (χ2v) is 10.9. The Balaban J connectivity index is 1.57. The minimum atomic E-state index is -1.57. The molecule has 2 heterocycles. The summed E-state index contributed by atoms with van der Waals surface area (Å²) in [5.74, 6) is -0.251. The van der Waals surface area contributed by atoms with E-state index in [0.29, 0.717) is 23.6 Å². The van der Waals surface area contributed by atoms with Crippen LogP contribution in [0.5, 0.6) is 0 Å². The predicted octanol–water partition coefficient (Wildman–Crippen LogP) is -0.390. The normalized spacial score (nSPS) is 31.5. The van der Waals surface area contributed by atoms with Crippen LogP contribution >= 0.6 is 11.8 Å². The number of benzene rings is 1. The highest BCUT2D eigenvalue weighted by Gasteiger charge is 2.48. The molecular weight excluding hydrogens is 502 g/mol. The zero-order chi connectivity index (χ0) is 27.1. The summed E-state index contributed by atoms with van der Waals surface area (Å²) < 4.78 is 11.1. The van der Waals surface area contributed by atoms with Gasteiger partial charge in [-0.2, -0.15) is 0 Å². The van der Waals surface area contributed by atoms with E-state index >= 15 is 0 Å². The Morgan fingerprint density at radius 2 is 2.03 bits per heavy atom. The van der Waals surface area contributed by atoms with Gasteiger partial charge in [0.15, 0.2) is 0 Å². The van der Waals surface area contributed by atoms with Crippen molar-refractivity contribution in [1.29, 1.82) is 0 Å². The van der Waals surface area contributed by atoms with Gasteiger partial charge in [0.1, 0.15) is 36.5 Å². The molecular formula is C25H39N3O8S. The standard InChI is InChI=1S/C25H39N3O8S/c1-3-5-14-10-17(27-12-14)23(33)28-18(13(2)29)22-20(31)19(30)21(32)25(36-22)37-9-8-35-24(34)15-6-4-7-16(26)11-15/h4,6-7,11,13-14,17-22,25,27,29-32H,3,5,8-10,12,26H2,1-2H3,(H,28,33)/t13-,14-,17+,18-,19+,20-,21-,22-,25-/m1/s1. The molecule has 0 radical (unpaired) electrons. The Hall–Kier alpha value is -1.93. The quantitative estimate of drug-likeness (QED) is 0.110. The molecule has 0 unspecified atom stereocenters. The van der Waals surface area contributed by atoms with Gasteiger partial charge in [-0.05, 0) is 50.4 Å². The minimum absolute atomic E-state index is 0.00294. The summed E-state index contributed by atoms with van der Waals surface area (Å²) in [4.78, 5) is 25.1. The molecule has 0 saturated carbocycles. The van der Waals surface area contributed by atoms with E-state index in [1.165, 1.54) is 13.0 Å². The van der Waals surface area contributed by atoms with E-state index in [-0.39, 0.29) is 18.3 Å². The third kappa shape index (κ3) is 7.79. The molecule has 0 aliphatic carbocycles. The van der Waals surface area contributed by atoms with Crippen molar-refractivity contribution in [2.24, 2.45) is 5.92 Å². The number of nitrogens with two attached hydrogens (primary N) is 1. The van der Waals surface area contributed by atoms with E-state index in [2.05, 4.69) is 17.6 Å². The van der Waals surface area contributed by atoms with Crippen molar-refractivity contribution in [3.8, 4) is 0 Å². The summed E-state index contributed by atoms with van der Waals surface area (Å²) in [6.07, 6.45) is -4.12. The second kappa shape index (κ2) is 13.7. The lowest BCUT2D eigenvalue weighted by Gasteiger charge is -2.44. The van der Waals surface area contributed by atoms with E-state index in [1.54, 1.807) is 18.2 Å². The number of carbonyl (C=O) groups excluding carboxylic acids is 2. The van der Waals surface area contributed by atoms with Crippen LogP contribution < -0.4 is 16.4 Å². The predicted molar refractivity (Wildman–Crippen MR) is 139 cm³/mol. The second-order valence-electron chi connectivity index (χ2n) is 9.70. The minimum Gasteiger partial charge on any atom is -0.461 e. The molecule has 37 heavy (non-hydrogen) atoms. The van der Waals surface area contributed by atoms with Crippen molar-refractivity contribution < 1.29 is 39.5 Å². The lowest BCUT2D eigenvalue weighted by atomic mass is 9.92. The molecule has 0 spiro atoms. The Kier molecular flexibility index (Phi) is 11.0. The topological polar surface area (TPSA) is 184 Å². The van der Waals surface area contributed by atoms with Crippen LogP contribution in [0.15, 0.2) is 24.3 Å². The van der Waals surface area contributed by atoms with E-state index in [4.69, 9.17) is 15.2 Å². The van der Waals surface area contributed by atoms with Crippen LogP contribution in [0.25, 0.3) is 0 Å². The van der Waals surface area contributed by atoms with Crippen LogP contribution in [-0.4, -0.2) is 99.2 Å². The number of thioether (sulfide) groups is 1. The summed E-state index contributed by atoms with van der Waals surface area (Å²) in [6, 6.07) is 4.93. The summed E-state index contributed by atoms with van der Waals surface area (Å²) in [7, 11) is 0. The number of carbonyl (C=O) groups is 2. The highest BCUT2D eigenvalue weighted by Crippen LogP contribution is 2.31. The molecule has 1 amide bonds. The van der Waals surface area contributed by atoms with Gasteiger partial charge in [0, 0.05) is 11.4 Å². The van der Waals surface area contributed by atoms with Gasteiger partial charge in [0.25, 0.3) is 0 Å². The number of aliphatic hydroxyl groups is 4. The van der Waals surface area contributed by atoms with Crippen molar-refractivity contribution in [2.75, 3.05) is 24.6 Å². The molecule has 0 aromatic heterocycles. The highest BCUT2D eigenvalue weighted by atomic mass is 32.2. The maximum absolute atomic E-state index is 12.9. The maximum atomic E-state index is 12.9. The van der Waals surface area contributed by atoms with Gasteiger partial charge in [0.05, 0.1) is 23.8 Å². The number of nitrogens with one attached hydrogen (secondary N) is 2. The number of hydrogen-bond acceptors (Lipinski definition) is 11. The fraction of sp³-hybridized carbons (Fsp3) is 0.680. The number of hydrogen-bond donors (Lipinski definition) is 7. The number of nitrogen functional groups attached to an aromatic ring is 1. The molecule has 2 aliphatic heterocycles. The molecule has 0 bridgehead atoms. The van der Waals surface area contributed by atoms with Crippen LogP contribution in [0.2, 0.25) is 0 Å². The van der Waals surface area contributed by atoms with Crippen LogP contribution in [0.1, 0.15) is 43.5 Å². The summed E-state index contributed by atoms with van der Waals surface area (Å²) >= 11 is 1.08. The molecule has 12 heteroatoms. The number of rotatable bonds is 11. The number of ether oxygens (including phenoxy) is 2. The van der Waals surface area contributed by atoms with Gasteiger partial charge in [-0.3, -0.25) is 4.79 Å². The SMILES string of the molecule is CCC[C@H]1CN[C@H](C(=O)N[C@@H]([C@H]2O[C@H](SCCOC(=O)c3cccc(N)c3)[C@H](O)[C@@H](O)[C@H]2O)[C@@H](C)O)C1. The number of aliphatic hydroxyl groups excluding tert-OH is 4. The molecule has 11 nitrogen and oxygen atoms in total. The lowest BCUT2D eigenvalue weighted by molar-refractivity contribution is -0.211. The fourth-order valence-corrected chi connectivity index (χ4v) is 5.71. The number of esters is 1. The summed E-state index contributed by atoms with van der Waals surface area (Å²) in [5.41, 5.74) is 5.43. The molecule has 3 rings (SSSR count). The Morgan fingerprint density at radius 3 is 2.70 bits per heavy atom. The Bertz CT molecular complexity index is 906. The molecule has 2 saturated heterocycles. The fourth-order valence-electron chi connectivity index (χ4n) is 4.73. The average Bonchev–Trinajstić information content (AvgIpc) is 3.34. The van der Waals surface area contributed by atoms with Crippen molar-refractivity contribution in [3.63, 3.8) is 0 Å². The van der Waals surface area contributed by atoms with Gasteiger partial charge < -0.3 is 46.3 Å². The molecule has 2 aliphatic rings. The van der Waals surface area contributed by atoms with Crippen LogP contribution in [0.4, 0.5) is 5.69 Å².